The fraction of sp³-hybridized carbons (Fsp3) is 1.00. The molecule has 0 spiro atoms. The number of ether oxygens (including phenoxy) is 4. The highest BCUT2D eigenvalue weighted by molar-refractivity contribution is 4.97. The molecule has 0 amide bonds. The Labute approximate surface area is 112 Å². The first-order chi connectivity index (χ1) is 9.07. The molecule has 2 aliphatic rings. The van der Waals surface area contributed by atoms with Gasteiger partial charge in [0.05, 0.1) is 18.8 Å². The van der Waals surface area contributed by atoms with E-state index in [2.05, 4.69) is 16.9 Å². The third-order valence-corrected chi connectivity index (χ3v) is 3.22. The van der Waals surface area contributed by atoms with Crippen molar-refractivity contribution < 1.29 is 18.9 Å². The van der Waals surface area contributed by atoms with Gasteiger partial charge in [0.2, 0.25) is 0 Å². The van der Waals surface area contributed by atoms with Gasteiger partial charge in [-0.15, -0.1) is 0 Å². The molecular formula is C12H21N3O4. The Balaban J connectivity index is 1.93. The molecular weight excluding hydrogens is 250 g/mol. The summed E-state index contributed by atoms with van der Waals surface area (Å²) in [5.74, 6) is -0.702. The highest BCUT2D eigenvalue weighted by Crippen LogP contribution is 2.38. The molecule has 2 saturated heterocycles. The Morgan fingerprint density at radius 1 is 1.37 bits per heavy atom. The van der Waals surface area contributed by atoms with Crippen molar-refractivity contribution in [3.63, 3.8) is 0 Å². The largest absolute Gasteiger partial charge is 0.379 e. The summed E-state index contributed by atoms with van der Waals surface area (Å²) in [6, 6.07) is -0.404. The predicted octanol–water partition coefficient (Wildman–Crippen LogP) is 2.36. The smallest absolute Gasteiger partial charge is 0.188 e. The van der Waals surface area contributed by atoms with Crippen molar-refractivity contribution in [1.29, 1.82) is 0 Å². The number of nitrogens with zero attached hydrogens (tertiary/aromatic N) is 3. The Bertz CT molecular complexity index is 357. The lowest BCUT2D eigenvalue weighted by Gasteiger charge is -2.23. The molecule has 2 heterocycles. The number of hydrogen-bond donors (Lipinski definition) is 0. The van der Waals surface area contributed by atoms with Gasteiger partial charge >= 0.3 is 0 Å². The topological polar surface area (TPSA) is 85.7 Å². The molecule has 108 valence electrons. The van der Waals surface area contributed by atoms with E-state index >= 15 is 0 Å². The van der Waals surface area contributed by atoms with E-state index in [1.165, 1.54) is 0 Å². The second-order valence-electron chi connectivity index (χ2n) is 5.27. The summed E-state index contributed by atoms with van der Waals surface area (Å²) in [6.45, 7) is 6.81. The highest BCUT2D eigenvalue weighted by Gasteiger charge is 2.54. The van der Waals surface area contributed by atoms with Gasteiger partial charge in [-0.25, -0.2) is 0 Å². The van der Waals surface area contributed by atoms with Crippen LogP contribution in [0, 0.1) is 0 Å². The lowest BCUT2D eigenvalue weighted by Crippen LogP contribution is -2.35. The van der Waals surface area contributed by atoms with Gasteiger partial charge in [0.15, 0.2) is 12.1 Å². The minimum atomic E-state index is -0.702. The fourth-order valence-corrected chi connectivity index (χ4v) is 2.34. The van der Waals surface area contributed by atoms with E-state index < -0.39 is 18.1 Å². The van der Waals surface area contributed by atoms with Crippen LogP contribution in [0.15, 0.2) is 5.11 Å². The molecule has 0 aliphatic carbocycles. The van der Waals surface area contributed by atoms with E-state index in [0.717, 1.165) is 12.8 Å². The third kappa shape index (κ3) is 3.38. The minimum absolute atomic E-state index is 0.307. The number of rotatable bonds is 6. The molecule has 2 aliphatic heterocycles. The summed E-state index contributed by atoms with van der Waals surface area (Å²) >= 11 is 0. The van der Waals surface area contributed by atoms with Crippen LogP contribution in [-0.4, -0.2) is 43.5 Å². The fourth-order valence-electron chi connectivity index (χ4n) is 2.34. The SMILES string of the molecule is CCCCOC[C@H]1O[C@@H]2OC(C)(C)OC2[C@H]1N=[N+]=[N-]. The first kappa shape index (κ1) is 14.6. The normalized spacial score (nSPS) is 35.9. The van der Waals surface area contributed by atoms with Crippen LogP contribution in [0.5, 0.6) is 0 Å². The van der Waals surface area contributed by atoms with Crippen molar-refractivity contribution in [3.05, 3.63) is 10.4 Å². The predicted molar refractivity (Wildman–Crippen MR) is 67.4 cm³/mol. The zero-order valence-electron chi connectivity index (χ0n) is 11.6. The van der Waals surface area contributed by atoms with Crippen LogP contribution in [0.3, 0.4) is 0 Å². The molecule has 0 aromatic heterocycles. The van der Waals surface area contributed by atoms with Gasteiger partial charge in [0.1, 0.15) is 6.10 Å². The van der Waals surface area contributed by atoms with Crippen LogP contribution < -0.4 is 0 Å². The molecule has 19 heavy (non-hydrogen) atoms. The number of azide groups is 1. The van der Waals surface area contributed by atoms with Crippen molar-refractivity contribution >= 4 is 0 Å². The molecule has 1 unspecified atom stereocenters. The second-order valence-corrected chi connectivity index (χ2v) is 5.27. The summed E-state index contributed by atoms with van der Waals surface area (Å²) in [7, 11) is 0. The van der Waals surface area contributed by atoms with Crippen LogP contribution in [0.1, 0.15) is 33.6 Å². The molecule has 2 rings (SSSR count). The van der Waals surface area contributed by atoms with Crippen LogP contribution in [0.4, 0.5) is 0 Å². The number of hydrogen-bond acceptors (Lipinski definition) is 5. The molecule has 4 atom stereocenters. The minimum Gasteiger partial charge on any atom is -0.379 e. The summed E-state index contributed by atoms with van der Waals surface area (Å²) in [6.07, 6.45) is 0.942. The maximum atomic E-state index is 8.67. The zero-order chi connectivity index (χ0) is 13.9. The first-order valence-electron chi connectivity index (χ1n) is 6.70. The van der Waals surface area contributed by atoms with E-state index in [-0.39, 0.29) is 12.2 Å². The number of fused-ring (bicyclic) bond motifs is 1. The summed E-state index contributed by atoms with van der Waals surface area (Å²) in [5, 5.41) is 3.78. The van der Waals surface area contributed by atoms with Crippen molar-refractivity contribution in [2.75, 3.05) is 13.2 Å². The second kappa shape index (κ2) is 6.07. The van der Waals surface area contributed by atoms with E-state index in [9.17, 15) is 0 Å². The first-order valence-corrected chi connectivity index (χ1v) is 6.70. The third-order valence-electron chi connectivity index (χ3n) is 3.22. The van der Waals surface area contributed by atoms with Crippen LogP contribution >= 0.6 is 0 Å². The molecule has 0 saturated carbocycles. The average molecular weight is 271 g/mol. The lowest BCUT2D eigenvalue weighted by atomic mass is 10.1. The average Bonchev–Trinajstić information content (AvgIpc) is 2.79. The Morgan fingerprint density at radius 3 is 2.84 bits per heavy atom. The molecule has 0 radical (unpaired) electrons. The maximum Gasteiger partial charge on any atom is 0.188 e. The van der Waals surface area contributed by atoms with Crippen molar-refractivity contribution in [1.82, 2.24) is 0 Å². The zero-order valence-corrected chi connectivity index (χ0v) is 11.6. The molecule has 0 aromatic rings. The molecule has 0 bridgehead atoms. The standard InChI is InChI=1S/C12H21N3O4/c1-4-5-6-16-7-8-9(14-15-13)10-11(17-8)19-12(2,3)18-10/h8-11H,4-7H2,1-3H3/t8-,9+,10?,11-/m1/s1. The van der Waals surface area contributed by atoms with Gasteiger partial charge in [-0.1, -0.05) is 18.5 Å². The molecule has 0 aromatic carbocycles. The Kier molecular flexibility index (Phi) is 4.65. The van der Waals surface area contributed by atoms with Crippen LogP contribution in [0.25, 0.3) is 10.4 Å². The van der Waals surface area contributed by atoms with Gasteiger partial charge in [0.25, 0.3) is 0 Å². The van der Waals surface area contributed by atoms with Crippen molar-refractivity contribution in [2.24, 2.45) is 5.11 Å². The van der Waals surface area contributed by atoms with E-state index in [1.54, 1.807) is 0 Å². The van der Waals surface area contributed by atoms with Crippen molar-refractivity contribution in [3.8, 4) is 0 Å². The van der Waals surface area contributed by atoms with Crippen LogP contribution in [0.2, 0.25) is 0 Å². The van der Waals surface area contributed by atoms with Crippen LogP contribution in [-0.2, 0) is 18.9 Å². The Hall–Kier alpha value is -0.850. The molecule has 7 heteroatoms. The van der Waals surface area contributed by atoms with Gasteiger partial charge in [-0.3, -0.25) is 0 Å². The van der Waals surface area contributed by atoms with Gasteiger partial charge in [-0.2, -0.15) is 0 Å². The van der Waals surface area contributed by atoms with Crippen molar-refractivity contribution in [2.45, 2.75) is 63.9 Å². The Morgan fingerprint density at radius 2 is 2.16 bits per heavy atom. The van der Waals surface area contributed by atoms with Gasteiger partial charge in [-0.05, 0) is 25.8 Å². The monoisotopic (exact) mass is 271 g/mol. The van der Waals surface area contributed by atoms with E-state index in [0.29, 0.717) is 13.2 Å². The quantitative estimate of drug-likeness (QED) is 0.321. The van der Waals surface area contributed by atoms with Gasteiger partial charge in [0, 0.05) is 11.5 Å². The molecule has 0 N–H and O–H groups in total. The molecule has 7 nitrogen and oxygen atoms in total. The van der Waals surface area contributed by atoms with E-state index in [4.69, 9.17) is 24.5 Å². The van der Waals surface area contributed by atoms with E-state index in [1.807, 2.05) is 13.8 Å². The maximum absolute atomic E-state index is 8.67. The summed E-state index contributed by atoms with van der Waals surface area (Å²) in [5.41, 5.74) is 8.67. The number of unbranched alkanes of at least 4 members (excludes halogenated alkanes) is 1. The summed E-state index contributed by atoms with van der Waals surface area (Å²) in [4.78, 5) is 2.87. The summed E-state index contributed by atoms with van der Waals surface area (Å²) < 4.78 is 22.6. The molecule has 2 fully saturated rings. The van der Waals surface area contributed by atoms with Gasteiger partial charge < -0.3 is 18.9 Å². The lowest BCUT2D eigenvalue weighted by molar-refractivity contribution is -0.210. The highest BCUT2D eigenvalue weighted by atomic mass is 16.8.